The average Bonchev–Trinajstić information content (AvgIpc) is 3.16. The number of nitrogens with two attached hydrogens (primary N) is 1. The molecular weight excluding hydrogens is 245 g/mol. The molecule has 1 aliphatic rings. The van der Waals surface area contributed by atoms with Crippen LogP contribution in [0.3, 0.4) is 0 Å². The van der Waals surface area contributed by atoms with Gasteiger partial charge in [0.15, 0.2) is 11.6 Å². The zero-order valence-corrected chi connectivity index (χ0v) is 11.0. The number of benzene rings is 1. The van der Waals surface area contributed by atoms with Gasteiger partial charge in [-0.2, -0.15) is 0 Å². The molecule has 1 saturated carbocycles. The lowest BCUT2D eigenvalue weighted by molar-refractivity contribution is 0.386. The molecule has 1 aromatic carbocycles. The Labute approximate surface area is 111 Å². The molecule has 0 aliphatic heterocycles. The first-order chi connectivity index (χ1) is 9.11. The molecule has 0 bridgehead atoms. The lowest BCUT2D eigenvalue weighted by Gasteiger charge is -2.06. The number of ether oxygens (including phenoxy) is 1. The smallest absolute Gasteiger partial charge is 0.165 e. The van der Waals surface area contributed by atoms with Crippen molar-refractivity contribution in [3.05, 3.63) is 29.8 Å². The Bertz CT molecular complexity index is 632. The number of methoxy groups -OCH3 is 1. The molecule has 0 saturated heterocycles. The van der Waals surface area contributed by atoms with E-state index in [0.717, 1.165) is 18.7 Å². The first-order valence-electron chi connectivity index (χ1n) is 6.30. The van der Waals surface area contributed by atoms with Gasteiger partial charge in [-0.3, -0.25) is 0 Å². The minimum atomic E-state index is -0.405. The Morgan fingerprint density at radius 2 is 2.16 bits per heavy atom. The number of aryl methyl sites for hydroxylation is 1. The quantitative estimate of drug-likeness (QED) is 0.924. The van der Waals surface area contributed by atoms with Gasteiger partial charge in [-0.25, -0.2) is 9.37 Å². The predicted molar refractivity (Wildman–Crippen MR) is 71.6 cm³/mol. The minimum absolute atomic E-state index is 0.223. The molecule has 2 N–H and O–H groups in total. The van der Waals surface area contributed by atoms with Gasteiger partial charge < -0.3 is 15.0 Å². The maximum atomic E-state index is 13.7. The molecule has 0 amide bonds. The Kier molecular flexibility index (Phi) is 2.69. The predicted octanol–water partition coefficient (Wildman–Crippen LogP) is 2.92. The normalized spacial score (nSPS) is 14.7. The topological polar surface area (TPSA) is 53.1 Å². The van der Waals surface area contributed by atoms with Gasteiger partial charge in [0.2, 0.25) is 0 Å². The lowest BCUT2D eigenvalue weighted by atomic mass is 10.1. The molecule has 1 aliphatic carbocycles. The Hall–Kier alpha value is -2.04. The number of hydrogen-bond donors (Lipinski definition) is 1. The Balaban J connectivity index is 2.07. The molecule has 4 nitrogen and oxygen atoms in total. The van der Waals surface area contributed by atoms with Crippen molar-refractivity contribution in [1.29, 1.82) is 0 Å². The van der Waals surface area contributed by atoms with Crippen LogP contribution in [-0.4, -0.2) is 16.7 Å². The third-order valence-electron chi connectivity index (χ3n) is 3.46. The summed E-state index contributed by atoms with van der Waals surface area (Å²) in [4.78, 5) is 4.47. The highest BCUT2D eigenvalue weighted by molar-refractivity contribution is 5.71. The van der Waals surface area contributed by atoms with E-state index in [0.29, 0.717) is 23.1 Å². The zero-order valence-electron chi connectivity index (χ0n) is 11.0. The SMILES string of the molecule is COc1ccc(-c2nc(C)n(C3CC3)c2N)cc1F. The van der Waals surface area contributed by atoms with Crippen LogP contribution in [0.4, 0.5) is 10.2 Å². The van der Waals surface area contributed by atoms with Gasteiger partial charge in [-0.1, -0.05) is 0 Å². The van der Waals surface area contributed by atoms with E-state index in [2.05, 4.69) is 4.98 Å². The molecular formula is C14H16FN3O. The van der Waals surface area contributed by atoms with Crippen LogP contribution in [0.1, 0.15) is 24.7 Å². The van der Waals surface area contributed by atoms with Crippen LogP contribution in [0.5, 0.6) is 5.75 Å². The number of imidazole rings is 1. The maximum Gasteiger partial charge on any atom is 0.165 e. The van der Waals surface area contributed by atoms with E-state index in [9.17, 15) is 4.39 Å². The monoisotopic (exact) mass is 261 g/mol. The average molecular weight is 261 g/mol. The minimum Gasteiger partial charge on any atom is -0.494 e. The summed E-state index contributed by atoms with van der Waals surface area (Å²) in [5, 5.41) is 0. The zero-order chi connectivity index (χ0) is 13.6. The van der Waals surface area contributed by atoms with E-state index in [1.807, 2.05) is 11.5 Å². The first-order valence-corrected chi connectivity index (χ1v) is 6.30. The van der Waals surface area contributed by atoms with Crippen molar-refractivity contribution in [3.8, 4) is 17.0 Å². The van der Waals surface area contributed by atoms with Gasteiger partial charge in [-0.05, 0) is 38.0 Å². The number of anilines is 1. The van der Waals surface area contributed by atoms with E-state index in [1.54, 1.807) is 12.1 Å². The summed E-state index contributed by atoms with van der Waals surface area (Å²) in [6.07, 6.45) is 2.27. The van der Waals surface area contributed by atoms with E-state index in [1.165, 1.54) is 13.2 Å². The van der Waals surface area contributed by atoms with Crippen LogP contribution in [0, 0.1) is 12.7 Å². The molecule has 0 radical (unpaired) electrons. The summed E-state index contributed by atoms with van der Waals surface area (Å²) in [5.74, 6) is 1.31. The van der Waals surface area contributed by atoms with Crippen molar-refractivity contribution in [2.24, 2.45) is 0 Å². The van der Waals surface area contributed by atoms with Crippen LogP contribution in [0.15, 0.2) is 18.2 Å². The Morgan fingerprint density at radius 1 is 1.42 bits per heavy atom. The third kappa shape index (κ3) is 1.95. The molecule has 0 spiro atoms. The lowest BCUT2D eigenvalue weighted by Crippen LogP contribution is -2.02. The summed E-state index contributed by atoms with van der Waals surface area (Å²) >= 11 is 0. The van der Waals surface area contributed by atoms with Crippen LogP contribution < -0.4 is 10.5 Å². The maximum absolute atomic E-state index is 13.7. The van der Waals surface area contributed by atoms with Gasteiger partial charge in [-0.15, -0.1) is 0 Å². The molecule has 0 atom stereocenters. The highest BCUT2D eigenvalue weighted by Crippen LogP contribution is 2.40. The summed E-state index contributed by atoms with van der Waals surface area (Å²) < 4.78 is 20.7. The van der Waals surface area contributed by atoms with Crippen LogP contribution in [0.25, 0.3) is 11.3 Å². The number of nitrogen functional groups attached to an aromatic ring is 1. The fraction of sp³-hybridized carbons (Fsp3) is 0.357. The number of halogens is 1. The molecule has 1 heterocycles. The third-order valence-corrected chi connectivity index (χ3v) is 3.46. The highest BCUT2D eigenvalue weighted by atomic mass is 19.1. The number of aromatic nitrogens is 2. The van der Waals surface area contributed by atoms with Crippen LogP contribution in [-0.2, 0) is 0 Å². The molecule has 2 aromatic rings. The van der Waals surface area contributed by atoms with Crippen molar-refractivity contribution >= 4 is 5.82 Å². The number of nitrogens with zero attached hydrogens (tertiary/aromatic N) is 2. The molecule has 1 aromatic heterocycles. The van der Waals surface area contributed by atoms with Gasteiger partial charge in [0, 0.05) is 11.6 Å². The number of hydrogen-bond acceptors (Lipinski definition) is 3. The standard InChI is InChI=1S/C14H16FN3O/c1-8-17-13(14(16)18(8)10-4-5-10)9-3-6-12(19-2)11(15)7-9/h3,6-7,10H,4-5,16H2,1-2H3. The molecule has 0 unspecified atom stereocenters. The molecule has 19 heavy (non-hydrogen) atoms. The fourth-order valence-corrected chi connectivity index (χ4v) is 2.38. The van der Waals surface area contributed by atoms with E-state index < -0.39 is 5.82 Å². The van der Waals surface area contributed by atoms with Crippen LogP contribution in [0.2, 0.25) is 0 Å². The molecule has 3 rings (SSSR count). The van der Waals surface area contributed by atoms with Crippen molar-refractivity contribution in [3.63, 3.8) is 0 Å². The Morgan fingerprint density at radius 3 is 2.74 bits per heavy atom. The van der Waals surface area contributed by atoms with E-state index in [4.69, 9.17) is 10.5 Å². The largest absolute Gasteiger partial charge is 0.494 e. The number of rotatable bonds is 3. The van der Waals surface area contributed by atoms with Gasteiger partial charge in [0.1, 0.15) is 17.3 Å². The van der Waals surface area contributed by atoms with Crippen molar-refractivity contribution in [1.82, 2.24) is 9.55 Å². The van der Waals surface area contributed by atoms with Crippen molar-refractivity contribution < 1.29 is 9.13 Å². The highest BCUT2D eigenvalue weighted by Gasteiger charge is 2.28. The summed E-state index contributed by atoms with van der Waals surface area (Å²) in [7, 11) is 1.44. The second-order valence-corrected chi connectivity index (χ2v) is 4.84. The molecule has 100 valence electrons. The van der Waals surface area contributed by atoms with Gasteiger partial charge in [0.25, 0.3) is 0 Å². The second kappa shape index (κ2) is 4.26. The van der Waals surface area contributed by atoms with Crippen molar-refractivity contribution in [2.45, 2.75) is 25.8 Å². The fourth-order valence-electron chi connectivity index (χ4n) is 2.38. The molecule has 5 heteroatoms. The van der Waals surface area contributed by atoms with Crippen LogP contribution >= 0.6 is 0 Å². The second-order valence-electron chi connectivity index (χ2n) is 4.84. The van der Waals surface area contributed by atoms with Gasteiger partial charge in [0.05, 0.1) is 7.11 Å². The van der Waals surface area contributed by atoms with Crippen molar-refractivity contribution in [2.75, 3.05) is 12.8 Å². The molecule has 1 fully saturated rings. The van der Waals surface area contributed by atoms with Gasteiger partial charge >= 0.3 is 0 Å². The summed E-state index contributed by atoms with van der Waals surface area (Å²) in [6.45, 7) is 1.93. The summed E-state index contributed by atoms with van der Waals surface area (Å²) in [5.41, 5.74) is 7.47. The first kappa shape index (κ1) is 12.0. The van der Waals surface area contributed by atoms with E-state index >= 15 is 0 Å². The van der Waals surface area contributed by atoms with E-state index in [-0.39, 0.29) is 5.75 Å². The summed E-state index contributed by atoms with van der Waals surface area (Å²) in [6, 6.07) is 5.24.